The summed E-state index contributed by atoms with van der Waals surface area (Å²) >= 11 is 22.5. The van der Waals surface area contributed by atoms with E-state index in [1.807, 2.05) is 0 Å². The van der Waals surface area contributed by atoms with E-state index in [4.69, 9.17) is 46.4 Å². The lowest BCUT2D eigenvalue weighted by Crippen LogP contribution is -1.81. The molecule has 6 heteroatoms. The third-order valence-corrected chi connectivity index (χ3v) is 3.55. The third kappa shape index (κ3) is 4.50. The molecule has 20 heavy (non-hydrogen) atoms. The lowest BCUT2D eigenvalue weighted by molar-refractivity contribution is 0.111. The minimum absolute atomic E-state index is 0.353. The zero-order valence-electron chi connectivity index (χ0n) is 9.95. The Labute approximate surface area is 136 Å². The Balaban J connectivity index is 0.000000200. The quantitative estimate of drug-likeness (QED) is 0.660. The molecule has 0 N–H and O–H groups in total. The van der Waals surface area contributed by atoms with Crippen molar-refractivity contribution in [2.24, 2.45) is 0 Å². The highest BCUT2D eigenvalue weighted by Gasteiger charge is 2.02. The number of halogens is 4. The minimum atomic E-state index is 0.353. The van der Waals surface area contributed by atoms with Gasteiger partial charge in [0.05, 0.1) is 31.2 Å². The van der Waals surface area contributed by atoms with Gasteiger partial charge in [-0.05, 0) is 24.3 Å². The first-order valence-corrected chi connectivity index (χ1v) is 6.80. The number of benzene rings is 2. The molecule has 2 aromatic carbocycles. The van der Waals surface area contributed by atoms with Crippen LogP contribution in [0.15, 0.2) is 36.4 Å². The molecule has 2 rings (SSSR count). The van der Waals surface area contributed by atoms with Gasteiger partial charge in [-0.25, -0.2) is 0 Å². The van der Waals surface area contributed by atoms with Crippen molar-refractivity contribution in [3.8, 4) is 0 Å². The fourth-order valence-corrected chi connectivity index (χ4v) is 2.22. The summed E-state index contributed by atoms with van der Waals surface area (Å²) in [5.74, 6) is 0. The molecule has 0 saturated heterocycles. The van der Waals surface area contributed by atoms with E-state index >= 15 is 0 Å². The monoisotopic (exact) mass is 348 g/mol. The smallest absolute Gasteiger partial charge is 0.153 e. The first-order chi connectivity index (χ1) is 9.51. The molecule has 0 fully saturated rings. The summed E-state index contributed by atoms with van der Waals surface area (Å²) in [6, 6.07) is 9.87. The molecular weight excluding hydrogens is 342 g/mol. The molecular formula is C14H8Cl4O2. The van der Waals surface area contributed by atoms with Crippen LogP contribution in [0.5, 0.6) is 0 Å². The average Bonchev–Trinajstić information content (AvgIpc) is 2.40. The van der Waals surface area contributed by atoms with E-state index in [0.717, 1.165) is 0 Å². The standard InChI is InChI=1S/2C7H4Cl2O/c2*8-6-2-1-3-7(9)5(6)4-10/h2*1-4H. The molecule has 0 aromatic heterocycles. The highest BCUT2D eigenvalue weighted by atomic mass is 35.5. The zero-order chi connectivity index (χ0) is 15.1. The Morgan fingerprint density at radius 1 is 0.600 bits per heavy atom. The van der Waals surface area contributed by atoms with E-state index in [1.165, 1.54) is 0 Å². The summed E-state index contributed by atoms with van der Waals surface area (Å²) in [4.78, 5) is 20.6. The summed E-state index contributed by atoms with van der Waals surface area (Å²) in [6.07, 6.45) is 1.29. The average molecular weight is 350 g/mol. The van der Waals surface area contributed by atoms with Crippen molar-refractivity contribution in [3.05, 3.63) is 67.6 Å². The predicted molar refractivity (Wildman–Crippen MR) is 83.7 cm³/mol. The summed E-state index contributed by atoms with van der Waals surface area (Å²) in [5.41, 5.74) is 0.705. The highest BCUT2D eigenvalue weighted by Crippen LogP contribution is 2.22. The van der Waals surface area contributed by atoms with E-state index in [1.54, 1.807) is 36.4 Å². The Kier molecular flexibility index (Phi) is 7.03. The van der Waals surface area contributed by atoms with Crippen molar-refractivity contribution in [2.75, 3.05) is 0 Å². The van der Waals surface area contributed by atoms with E-state index in [9.17, 15) is 9.59 Å². The highest BCUT2D eigenvalue weighted by molar-refractivity contribution is 6.39. The second kappa shape index (κ2) is 8.28. The largest absolute Gasteiger partial charge is 0.298 e. The van der Waals surface area contributed by atoms with Gasteiger partial charge in [-0.1, -0.05) is 58.5 Å². The number of hydrogen-bond acceptors (Lipinski definition) is 2. The summed E-state index contributed by atoms with van der Waals surface area (Å²) < 4.78 is 0. The van der Waals surface area contributed by atoms with Crippen LogP contribution in [0.3, 0.4) is 0 Å². The van der Waals surface area contributed by atoms with Crippen LogP contribution < -0.4 is 0 Å². The van der Waals surface area contributed by atoms with Gasteiger partial charge in [0.1, 0.15) is 0 Å². The molecule has 0 aliphatic heterocycles. The molecule has 0 aliphatic rings. The third-order valence-electron chi connectivity index (χ3n) is 2.24. The zero-order valence-corrected chi connectivity index (χ0v) is 13.0. The molecule has 0 unspecified atom stereocenters. The van der Waals surface area contributed by atoms with Crippen molar-refractivity contribution < 1.29 is 9.59 Å². The van der Waals surface area contributed by atoms with Gasteiger partial charge < -0.3 is 0 Å². The normalized spacial score (nSPS) is 9.40. The number of carbonyl (C=O) groups excluding carboxylic acids is 2. The second-order valence-electron chi connectivity index (χ2n) is 3.51. The molecule has 104 valence electrons. The summed E-state index contributed by atoms with van der Waals surface area (Å²) in [7, 11) is 0. The lowest BCUT2D eigenvalue weighted by atomic mass is 10.2. The van der Waals surface area contributed by atoms with Gasteiger partial charge >= 0.3 is 0 Å². The Hall–Kier alpha value is -1.06. The van der Waals surface area contributed by atoms with E-state index in [2.05, 4.69) is 0 Å². The van der Waals surface area contributed by atoms with E-state index in [0.29, 0.717) is 43.8 Å². The van der Waals surface area contributed by atoms with Gasteiger partial charge in [-0.15, -0.1) is 0 Å². The van der Waals surface area contributed by atoms with Crippen LogP contribution in [-0.4, -0.2) is 12.6 Å². The molecule has 2 nitrogen and oxygen atoms in total. The van der Waals surface area contributed by atoms with Crippen molar-refractivity contribution in [1.29, 1.82) is 0 Å². The maximum Gasteiger partial charge on any atom is 0.153 e. The SMILES string of the molecule is O=Cc1c(Cl)cccc1Cl.O=Cc1c(Cl)cccc1Cl. The van der Waals surface area contributed by atoms with Gasteiger partial charge in [-0.3, -0.25) is 9.59 Å². The first kappa shape index (κ1) is 17.0. The number of hydrogen-bond donors (Lipinski definition) is 0. The van der Waals surface area contributed by atoms with Gasteiger partial charge in [0.15, 0.2) is 12.6 Å². The molecule has 0 bridgehead atoms. The molecule has 0 spiro atoms. The van der Waals surface area contributed by atoms with Crippen LogP contribution in [-0.2, 0) is 0 Å². The molecule has 0 amide bonds. The second-order valence-corrected chi connectivity index (χ2v) is 5.14. The summed E-state index contributed by atoms with van der Waals surface area (Å²) in [6.45, 7) is 0. The lowest BCUT2D eigenvalue weighted by Gasteiger charge is -1.95. The van der Waals surface area contributed by atoms with E-state index < -0.39 is 0 Å². The maximum atomic E-state index is 10.3. The number of aldehydes is 2. The van der Waals surface area contributed by atoms with Gasteiger partial charge in [0.2, 0.25) is 0 Å². The Morgan fingerprint density at radius 2 is 0.850 bits per heavy atom. The van der Waals surface area contributed by atoms with Crippen molar-refractivity contribution in [3.63, 3.8) is 0 Å². The number of carbonyl (C=O) groups is 2. The summed E-state index contributed by atoms with van der Waals surface area (Å²) in [5, 5.41) is 1.56. The molecule has 2 aromatic rings. The topological polar surface area (TPSA) is 34.1 Å². The van der Waals surface area contributed by atoms with Gasteiger partial charge in [0, 0.05) is 0 Å². The van der Waals surface area contributed by atoms with Crippen LogP contribution >= 0.6 is 46.4 Å². The molecule has 0 atom stereocenters. The van der Waals surface area contributed by atoms with Crippen LogP contribution in [0.25, 0.3) is 0 Å². The van der Waals surface area contributed by atoms with Gasteiger partial charge in [-0.2, -0.15) is 0 Å². The van der Waals surface area contributed by atoms with Crippen molar-refractivity contribution in [2.45, 2.75) is 0 Å². The van der Waals surface area contributed by atoms with Gasteiger partial charge in [0.25, 0.3) is 0 Å². The Morgan fingerprint density at radius 3 is 1.00 bits per heavy atom. The first-order valence-electron chi connectivity index (χ1n) is 5.29. The Bertz CT molecular complexity index is 531. The molecule has 0 saturated carbocycles. The molecule has 0 radical (unpaired) electrons. The van der Waals surface area contributed by atoms with Crippen molar-refractivity contribution >= 4 is 59.0 Å². The molecule has 0 heterocycles. The fraction of sp³-hybridized carbons (Fsp3) is 0. The van der Waals surface area contributed by atoms with Crippen molar-refractivity contribution in [1.82, 2.24) is 0 Å². The van der Waals surface area contributed by atoms with Crippen LogP contribution in [0.2, 0.25) is 20.1 Å². The molecule has 0 aliphatic carbocycles. The fourth-order valence-electron chi connectivity index (χ4n) is 1.25. The van der Waals surface area contributed by atoms with Crippen LogP contribution in [0.1, 0.15) is 20.7 Å². The predicted octanol–water partition coefficient (Wildman–Crippen LogP) is 5.61. The maximum absolute atomic E-state index is 10.3. The van der Waals surface area contributed by atoms with E-state index in [-0.39, 0.29) is 0 Å². The minimum Gasteiger partial charge on any atom is -0.298 e. The number of rotatable bonds is 2. The van der Waals surface area contributed by atoms with Crippen LogP contribution in [0, 0.1) is 0 Å². The van der Waals surface area contributed by atoms with Crippen LogP contribution in [0.4, 0.5) is 0 Å².